The Balaban J connectivity index is 2.07. The van der Waals surface area contributed by atoms with Crippen LogP contribution >= 0.6 is 0 Å². The number of alkyl halides is 3. The maximum atomic E-state index is 13.0. The van der Waals surface area contributed by atoms with Gasteiger partial charge in [0.15, 0.2) is 0 Å². The minimum atomic E-state index is -4.70. The highest BCUT2D eigenvalue weighted by atomic mass is 19.4. The Morgan fingerprint density at radius 2 is 2.00 bits per heavy atom. The number of allylic oxidation sites excluding steroid dienone is 2. The minimum Gasteiger partial charge on any atom is -0.394 e. The van der Waals surface area contributed by atoms with E-state index >= 15 is 0 Å². The molecule has 1 aliphatic rings. The molecule has 5 nitrogen and oxygen atoms in total. The number of halogens is 3. The third kappa shape index (κ3) is 1.92. The third-order valence-corrected chi connectivity index (χ3v) is 4.41. The van der Waals surface area contributed by atoms with Crippen LogP contribution in [0.4, 0.5) is 13.2 Å². The van der Waals surface area contributed by atoms with Gasteiger partial charge in [-0.05, 0) is 36.1 Å². The number of aromatic amines is 1. The Labute approximate surface area is 133 Å². The van der Waals surface area contributed by atoms with Crippen molar-refractivity contribution in [3.63, 3.8) is 0 Å². The molecular weight excluding hydrogens is 319 g/mol. The highest BCUT2D eigenvalue weighted by Crippen LogP contribution is 2.39. The summed E-state index contributed by atoms with van der Waals surface area (Å²) in [6, 6.07) is 3.52. The second-order valence-electron chi connectivity index (χ2n) is 5.68. The number of nitrogens with two attached hydrogens (primary N) is 1. The standard InChI is InChI=1S/C16H12F3N5/c17-16(18,19)15(21)9(5-20)14-8-2-1-7(8)13-10-6-22-24-11(10)3-4-12(13)23-14/h3-6,20H,1-2,21H2,(H,22,24). The van der Waals surface area contributed by atoms with E-state index in [1.165, 1.54) is 0 Å². The summed E-state index contributed by atoms with van der Waals surface area (Å²) in [4.78, 5) is 4.39. The molecule has 1 aliphatic carbocycles. The second kappa shape index (κ2) is 4.80. The molecule has 4 N–H and O–H groups in total. The second-order valence-corrected chi connectivity index (χ2v) is 5.68. The number of fused-ring (bicyclic) bond motifs is 5. The van der Waals surface area contributed by atoms with Crippen LogP contribution in [0.25, 0.3) is 27.4 Å². The molecule has 122 valence electrons. The fourth-order valence-electron chi connectivity index (χ4n) is 3.17. The van der Waals surface area contributed by atoms with Gasteiger partial charge < -0.3 is 11.1 Å². The molecule has 4 rings (SSSR count). The Kier molecular flexibility index (Phi) is 2.93. The Morgan fingerprint density at radius 1 is 1.25 bits per heavy atom. The zero-order chi connectivity index (χ0) is 17.1. The minimum absolute atomic E-state index is 0.149. The smallest absolute Gasteiger partial charge is 0.394 e. The number of hydrogen-bond donors (Lipinski definition) is 3. The van der Waals surface area contributed by atoms with Crippen LogP contribution in [0.15, 0.2) is 24.0 Å². The van der Waals surface area contributed by atoms with Crippen LogP contribution in [-0.4, -0.2) is 27.6 Å². The average Bonchev–Trinajstić information content (AvgIpc) is 2.95. The molecule has 3 aromatic rings. The number of rotatable bonds is 2. The van der Waals surface area contributed by atoms with Gasteiger partial charge in [0.25, 0.3) is 0 Å². The summed E-state index contributed by atoms with van der Waals surface area (Å²) in [6.07, 6.45) is -1.01. The molecule has 0 saturated heterocycles. The van der Waals surface area contributed by atoms with Crippen LogP contribution in [0.5, 0.6) is 0 Å². The highest BCUT2D eigenvalue weighted by molar-refractivity contribution is 6.13. The van der Waals surface area contributed by atoms with Gasteiger partial charge >= 0.3 is 6.18 Å². The van der Waals surface area contributed by atoms with E-state index in [2.05, 4.69) is 15.2 Å². The van der Waals surface area contributed by atoms with Gasteiger partial charge in [0.05, 0.1) is 22.9 Å². The molecule has 2 heterocycles. The van der Waals surface area contributed by atoms with Crippen LogP contribution in [0, 0.1) is 5.41 Å². The van der Waals surface area contributed by atoms with Crippen molar-refractivity contribution in [3.8, 4) is 0 Å². The van der Waals surface area contributed by atoms with Crippen molar-refractivity contribution in [2.75, 3.05) is 0 Å². The van der Waals surface area contributed by atoms with Gasteiger partial charge in [0.1, 0.15) is 5.70 Å². The Morgan fingerprint density at radius 3 is 2.62 bits per heavy atom. The molecule has 1 aromatic carbocycles. The van der Waals surface area contributed by atoms with Crippen molar-refractivity contribution in [2.24, 2.45) is 5.73 Å². The van der Waals surface area contributed by atoms with Crippen molar-refractivity contribution in [2.45, 2.75) is 19.0 Å². The molecule has 2 aromatic heterocycles. The van der Waals surface area contributed by atoms with Crippen molar-refractivity contribution in [1.82, 2.24) is 15.2 Å². The third-order valence-electron chi connectivity index (χ3n) is 4.41. The van der Waals surface area contributed by atoms with Crippen molar-refractivity contribution in [1.29, 1.82) is 5.41 Å². The van der Waals surface area contributed by atoms with Gasteiger partial charge in [-0.1, -0.05) is 0 Å². The predicted molar refractivity (Wildman–Crippen MR) is 84.7 cm³/mol. The van der Waals surface area contributed by atoms with E-state index in [4.69, 9.17) is 11.1 Å². The van der Waals surface area contributed by atoms with E-state index in [-0.39, 0.29) is 11.3 Å². The molecule has 0 aliphatic heterocycles. The molecule has 0 unspecified atom stereocenters. The summed E-state index contributed by atoms with van der Waals surface area (Å²) in [5.41, 5.74) is 6.83. The van der Waals surface area contributed by atoms with Gasteiger partial charge in [-0.3, -0.25) is 5.10 Å². The normalized spacial score (nSPS) is 15.1. The first-order valence-corrected chi connectivity index (χ1v) is 7.27. The number of pyridine rings is 1. The first-order valence-electron chi connectivity index (χ1n) is 7.27. The summed E-state index contributed by atoms with van der Waals surface area (Å²) >= 11 is 0. The molecule has 24 heavy (non-hydrogen) atoms. The van der Waals surface area contributed by atoms with Crippen LogP contribution < -0.4 is 5.73 Å². The van der Waals surface area contributed by atoms with Gasteiger partial charge in [0, 0.05) is 22.6 Å². The van der Waals surface area contributed by atoms with E-state index < -0.39 is 11.9 Å². The summed E-state index contributed by atoms with van der Waals surface area (Å²) in [5.74, 6) is 0. The SMILES string of the molecule is N=CC(=C(N)C(F)(F)F)c1nc2ccc3[nH]ncc3c2c2c1CC2. The number of hydrogen-bond acceptors (Lipinski definition) is 4. The summed E-state index contributed by atoms with van der Waals surface area (Å²) in [7, 11) is 0. The van der Waals surface area contributed by atoms with Gasteiger partial charge in [-0.15, -0.1) is 0 Å². The molecule has 8 heteroatoms. The number of H-pyrrole nitrogens is 1. The topological polar surface area (TPSA) is 91.4 Å². The van der Waals surface area contributed by atoms with Crippen molar-refractivity contribution in [3.05, 3.63) is 40.8 Å². The molecular formula is C16H12F3N5. The number of aromatic nitrogens is 3. The van der Waals surface area contributed by atoms with E-state index in [0.29, 0.717) is 18.2 Å². The Hall–Kier alpha value is -2.90. The van der Waals surface area contributed by atoms with E-state index in [1.807, 2.05) is 0 Å². The predicted octanol–water partition coefficient (Wildman–Crippen LogP) is 3.09. The van der Waals surface area contributed by atoms with Crippen LogP contribution in [-0.2, 0) is 12.8 Å². The molecule has 0 atom stereocenters. The number of nitrogens with zero attached hydrogens (tertiary/aromatic N) is 2. The largest absolute Gasteiger partial charge is 0.431 e. The lowest BCUT2D eigenvalue weighted by Crippen LogP contribution is -2.24. The fraction of sp³-hybridized carbons (Fsp3) is 0.188. The Bertz CT molecular complexity index is 1030. The molecule has 0 bridgehead atoms. The van der Waals surface area contributed by atoms with Crippen molar-refractivity contribution >= 4 is 33.6 Å². The summed E-state index contributed by atoms with van der Waals surface area (Å²) < 4.78 is 38.9. The summed E-state index contributed by atoms with van der Waals surface area (Å²) in [5, 5.41) is 16.1. The number of benzene rings is 1. The molecule has 0 saturated carbocycles. The van der Waals surface area contributed by atoms with E-state index in [0.717, 1.165) is 33.8 Å². The van der Waals surface area contributed by atoms with Crippen LogP contribution in [0.3, 0.4) is 0 Å². The maximum absolute atomic E-state index is 13.0. The number of nitrogens with one attached hydrogen (secondary N) is 2. The first-order chi connectivity index (χ1) is 11.4. The average molecular weight is 331 g/mol. The van der Waals surface area contributed by atoms with Gasteiger partial charge in [-0.25, -0.2) is 4.98 Å². The highest BCUT2D eigenvalue weighted by Gasteiger charge is 2.36. The zero-order valence-corrected chi connectivity index (χ0v) is 12.3. The zero-order valence-electron chi connectivity index (χ0n) is 12.3. The molecule has 0 fully saturated rings. The van der Waals surface area contributed by atoms with Crippen LogP contribution in [0.1, 0.15) is 16.8 Å². The van der Waals surface area contributed by atoms with E-state index in [9.17, 15) is 13.2 Å². The van der Waals surface area contributed by atoms with Gasteiger partial charge in [-0.2, -0.15) is 18.3 Å². The fourth-order valence-corrected chi connectivity index (χ4v) is 3.17. The first kappa shape index (κ1) is 14.7. The molecule has 0 radical (unpaired) electrons. The molecule has 0 spiro atoms. The van der Waals surface area contributed by atoms with E-state index in [1.54, 1.807) is 18.3 Å². The number of aryl methyl sites for hydroxylation is 1. The van der Waals surface area contributed by atoms with Crippen LogP contribution in [0.2, 0.25) is 0 Å². The van der Waals surface area contributed by atoms with Crippen molar-refractivity contribution < 1.29 is 13.2 Å². The maximum Gasteiger partial charge on any atom is 0.431 e. The summed E-state index contributed by atoms with van der Waals surface area (Å²) in [6.45, 7) is 0. The monoisotopic (exact) mass is 331 g/mol. The lowest BCUT2D eigenvalue weighted by molar-refractivity contribution is -0.0919. The lowest BCUT2D eigenvalue weighted by atomic mass is 9.82. The quantitative estimate of drug-likeness (QED) is 0.630. The molecule has 0 amide bonds. The lowest BCUT2D eigenvalue weighted by Gasteiger charge is -2.25. The van der Waals surface area contributed by atoms with Gasteiger partial charge in [0.2, 0.25) is 0 Å².